The van der Waals surface area contributed by atoms with Crippen molar-refractivity contribution in [3.8, 4) is 0 Å². The second-order valence-electron chi connectivity index (χ2n) is 2.98. The topological polar surface area (TPSA) is 149 Å². The molecule has 0 aromatic carbocycles. The monoisotopic (exact) mass is 283 g/mol. The van der Waals surface area contributed by atoms with E-state index in [-0.39, 0.29) is 49.9 Å². The van der Waals surface area contributed by atoms with Crippen LogP contribution in [0.2, 0.25) is 0 Å². The smallest absolute Gasteiger partial charge is 1.00 e. The average Bonchev–Trinajstić information content (AvgIpc) is 2.31. The van der Waals surface area contributed by atoms with Gasteiger partial charge >= 0.3 is 35.2 Å². The van der Waals surface area contributed by atoms with Gasteiger partial charge in [0.05, 0.1) is 0 Å². The molecule has 0 atom stereocenters. The van der Waals surface area contributed by atoms with Gasteiger partial charge in [-0.05, 0) is 19.0 Å². The minimum atomic E-state index is -0.736. The quantitative estimate of drug-likeness (QED) is 0.350. The number of nitrogen functional groups attached to an aromatic ring is 1. The largest absolute Gasteiger partial charge is 1.00 e. The van der Waals surface area contributed by atoms with Crippen molar-refractivity contribution in [1.29, 1.82) is 0 Å². The first-order valence-corrected chi connectivity index (χ1v) is 4.93. The maximum absolute atomic E-state index is 11.6. The molecule has 0 saturated carbocycles. The van der Waals surface area contributed by atoms with Gasteiger partial charge in [0.25, 0.3) is 5.56 Å². The number of hydrogen-bond acceptors (Lipinski definition) is 7. The molecule has 0 fully saturated rings. The molecule has 0 spiro atoms. The summed E-state index contributed by atoms with van der Waals surface area (Å²) in [4.78, 5) is 41.7. The van der Waals surface area contributed by atoms with E-state index in [1.807, 2.05) is 0 Å². The van der Waals surface area contributed by atoms with Gasteiger partial charge in [-0.1, -0.05) is 0 Å². The van der Waals surface area contributed by atoms with Crippen molar-refractivity contribution in [3.05, 3.63) is 30.7 Å². The molecule has 1 heterocycles. The zero-order chi connectivity index (χ0) is 14.3. The SMILES string of the molecule is CCn1c(N)c(N=O)c(=O)n(CC)c1=O.O=NO.[H-].[Na+]. The molecule has 0 aliphatic carbocycles. The first-order valence-electron chi connectivity index (χ1n) is 4.93. The number of nitroso groups, excluding NO2 is 1. The third kappa shape index (κ3) is 4.26. The van der Waals surface area contributed by atoms with Crippen LogP contribution in [0.5, 0.6) is 0 Å². The van der Waals surface area contributed by atoms with E-state index in [9.17, 15) is 14.5 Å². The van der Waals surface area contributed by atoms with Crippen LogP contribution >= 0.6 is 0 Å². The summed E-state index contributed by atoms with van der Waals surface area (Å²) < 4.78 is 2.07. The van der Waals surface area contributed by atoms with Gasteiger partial charge < -0.3 is 12.4 Å². The van der Waals surface area contributed by atoms with Crippen molar-refractivity contribution < 1.29 is 36.2 Å². The van der Waals surface area contributed by atoms with Crippen LogP contribution in [0, 0.1) is 9.81 Å². The maximum atomic E-state index is 11.6. The summed E-state index contributed by atoms with van der Waals surface area (Å²) in [6.45, 7) is 3.79. The van der Waals surface area contributed by atoms with Crippen LogP contribution in [0.15, 0.2) is 20.1 Å². The number of hydrogen-bond donors (Lipinski definition) is 2. The van der Waals surface area contributed by atoms with Crippen LogP contribution in [-0.2, 0) is 13.1 Å². The third-order valence-corrected chi connectivity index (χ3v) is 2.17. The van der Waals surface area contributed by atoms with Crippen LogP contribution in [0.25, 0.3) is 0 Å². The number of rotatable bonds is 3. The summed E-state index contributed by atoms with van der Waals surface area (Å²) >= 11 is 0. The first kappa shape index (κ1) is 19.8. The number of nitrogens with two attached hydrogens (primary N) is 1. The van der Waals surface area contributed by atoms with E-state index in [0.29, 0.717) is 0 Å². The Labute approximate surface area is 130 Å². The van der Waals surface area contributed by atoms with Crippen molar-refractivity contribution in [2.45, 2.75) is 26.9 Å². The van der Waals surface area contributed by atoms with Crippen LogP contribution in [0.4, 0.5) is 11.5 Å². The van der Waals surface area contributed by atoms with E-state index in [1.165, 1.54) is 5.34 Å². The second kappa shape index (κ2) is 9.42. The molecule has 19 heavy (non-hydrogen) atoms. The molecule has 1 aromatic heterocycles. The van der Waals surface area contributed by atoms with Crippen molar-refractivity contribution in [1.82, 2.24) is 9.13 Å². The van der Waals surface area contributed by atoms with E-state index in [4.69, 9.17) is 15.8 Å². The van der Waals surface area contributed by atoms with Crippen LogP contribution < -0.4 is 46.5 Å². The Balaban J connectivity index is -0.000000530. The standard InChI is InChI=1S/C8H12N4O3.HNO2.Na.H/c1-3-11-6(9)5(10-15)7(13)12(4-2)8(11)14;2-1-3;;/h3-4,9H2,1-2H3;(H,2,3);;/q;;+1;-1. The van der Waals surface area contributed by atoms with E-state index in [2.05, 4.69) is 5.18 Å². The molecular weight excluding hydrogens is 269 g/mol. The van der Waals surface area contributed by atoms with E-state index in [0.717, 1.165) is 9.13 Å². The third-order valence-electron chi connectivity index (χ3n) is 2.17. The number of aromatic nitrogens is 2. The first-order chi connectivity index (χ1) is 8.49. The molecule has 10 nitrogen and oxygen atoms in total. The van der Waals surface area contributed by atoms with Crippen LogP contribution in [-0.4, -0.2) is 14.3 Å². The Morgan fingerprint density at radius 1 is 1.21 bits per heavy atom. The minimum Gasteiger partial charge on any atom is -1.00 e. The Hall–Kier alpha value is -1.52. The molecule has 0 bridgehead atoms. The minimum absolute atomic E-state index is 0. The fourth-order valence-corrected chi connectivity index (χ4v) is 1.37. The van der Waals surface area contributed by atoms with Crippen molar-refractivity contribution in [3.63, 3.8) is 0 Å². The predicted molar refractivity (Wildman–Crippen MR) is 64.9 cm³/mol. The Kier molecular flexibility index (Phi) is 9.82. The molecule has 0 saturated heterocycles. The zero-order valence-electron chi connectivity index (χ0n) is 11.9. The molecule has 0 amide bonds. The van der Waals surface area contributed by atoms with Gasteiger partial charge in [-0.3, -0.25) is 13.9 Å². The molecule has 0 unspecified atom stereocenters. The van der Waals surface area contributed by atoms with Crippen LogP contribution in [0.3, 0.4) is 0 Å². The number of anilines is 1. The fourth-order valence-electron chi connectivity index (χ4n) is 1.37. The molecule has 102 valence electrons. The normalized spacial score (nSPS) is 8.74. The van der Waals surface area contributed by atoms with Gasteiger partial charge in [-0.25, -0.2) is 4.79 Å². The summed E-state index contributed by atoms with van der Waals surface area (Å²) in [5.74, 6) is -0.174. The summed E-state index contributed by atoms with van der Waals surface area (Å²) in [5.41, 5.74) is 3.83. The summed E-state index contributed by atoms with van der Waals surface area (Å²) in [5, 5.41) is 10.4. The molecule has 1 aromatic rings. The fraction of sp³-hybridized carbons (Fsp3) is 0.500. The summed E-state index contributed by atoms with van der Waals surface area (Å²) in [6.07, 6.45) is 0. The number of nitrogens with zero attached hydrogens (tertiary/aromatic N) is 4. The van der Waals surface area contributed by atoms with Gasteiger partial charge in [-0.2, -0.15) is 0 Å². The zero-order valence-corrected chi connectivity index (χ0v) is 12.9. The average molecular weight is 283 g/mol. The molecule has 11 heteroatoms. The van der Waals surface area contributed by atoms with E-state index < -0.39 is 16.9 Å². The van der Waals surface area contributed by atoms with Gasteiger partial charge in [0.2, 0.25) is 5.69 Å². The Bertz CT molecular complexity index is 557. The molecule has 0 aliphatic heterocycles. The van der Waals surface area contributed by atoms with E-state index in [1.54, 1.807) is 13.8 Å². The van der Waals surface area contributed by atoms with Gasteiger partial charge in [0, 0.05) is 13.1 Å². The van der Waals surface area contributed by atoms with Gasteiger partial charge in [0.1, 0.15) is 5.82 Å². The summed E-state index contributed by atoms with van der Waals surface area (Å²) in [7, 11) is 0. The maximum Gasteiger partial charge on any atom is 1.00 e. The summed E-state index contributed by atoms with van der Waals surface area (Å²) in [6, 6.07) is 0. The molecule has 0 aliphatic rings. The van der Waals surface area contributed by atoms with Crippen molar-refractivity contribution in [2.75, 3.05) is 5.73 Å². The molecule has 1 rings (SSSR count). The Morgan fingerprint density at radius 3 is 1.95 bits per heavy atom. The predicted octanol–water partition coefficient (Wildman–Crippen LogP) is -2.71. The second-order valence-corrected chi connectivity index (χ2v) is 2.98. The van der Waals surface area contributed by atoms with E-state index >= 15 is 0 Å². The molecule has 0 radical (unpaired) electrons. The molecule has 3 N–H and O–H groups in total. The van der Waals surface area contributed by atoms with Gasteiger partial charge in [-0.15, -0.1) is 9.81 Å². The van der Waals surface area contributed by atoms with Crippen molar-refractivity contribution in [2.24, 2.45) is 10.5 Å². The van der Waals surface area contributed by atoms with Crippen molar-refractivity contribution >= 4 is 11.5 Å². The Morgan fingerprint density at radius 2 is 1.63 bits per heavy atom. The van der Waals surface area contributed by atoms with Crippen LogP contribution in [0.1, 0.15) is 15.3 Å². The molecular formula is C8H14N5NaO5. The van der Waals surface area contributed by atoms with Gasteiger partial charge in [0.15, 0.2) is 5.34 Å².